The van der Waals surface area contributed by atoms with Crippen molar-refractivity contribution in [3.63, 3.8) is 0 Å². The molecule has 0 saturated carbocycles. The molecule has 104 valence electrons. The Morgan fingerprint density at radius 1 is 0.765 bits per heavy atom. The van der Waals surface area contributed by atoms with Gasteiger partial charge >= 0.3 is 0 Å². The van der Waals surface area contributed by atoms with Crippen molar-refractivity contribution in [1.29, 1.82) is 0 Å². The first-order valence-electron chi connectivity index (χ1n) is 7.27. The summed E-state index contributed by atoms with van der Waals surface area (Å²) < 4.78 is 0. The average molecular weight is 242 g/mol. The monoisotopic (exact) mass is 242 g/mol. The zero-order valence-electron chi connectivity index (χ0n) is 13.1. The Morgan fingerprint density at radius 2 is 1.35 bits per heavy atom. The molecule has 0 saturated heterocycles. The van der Waals surface area contributed by atoms with Crippen molar-refractivity contribution < 1.29 is 0 Å². The normalized spacial score (nSPS) is 14.3. The smallest absolute Gasteiger partial charge is 0.00388 e. The van der Waals surface area contributed by atoms with Gasteiger partial charge in [0.25, 0.3) is 0 Å². The van der Waals surface area contributed by atoms with E-state index in [1.165, 1.54) is 13.1 Å². The van der Waals surface area contributed by atoms with E-state index in [2.05, 4.69) is 58.7 Å². The molecular formula is C15H34N2. The SMILES string of the molecule is CC(C)CNCC(C)CN(CC(C)C)C(C)C. The topological polar surface area (TPSA) is 15.3 Å². The highest BCUT2D eigenvalue weighted by molar-refractivity contribution is 4.69. The number of nitrogens with one attached hydrogen (secondary N) is 1. The molecule has 0 radical (unpaired) electrons. The largest absolute Gasteiger partial charge is 0.316 e. The van der Waals surface area contributed by atoms with Crippen molar-refractivity contribution in [1.82, 2.24) is 10.2 Å². The summed E-state index contributed by atoms with van der Waals surface area (Å²) in [4.78, 5) is 2.60. The van der Waals surface area contributed by atoms with Crippen molar-refractivity contribution >= 4 is 0 Å². The second-order valence-electron chi connectivity index (χ2n) is 6.60. The molecule has 0 fully saturated rings. The van der Waals surface area contributed by atoms with Crippen LogP contribution in [0.3, 0.4) is 0 Å². The van der Waals surface area contributed by atoms with E-state index < -0.39 is 0 Å². The maximum absolute atomic E-state index is 3.56. The van der Waals surface area contributed by atoms with Gasteiger partial charge in [-0.2, -0.15) is 0 Å². The van der Waals surface area contributed by atoms with Crippen LogP contribution in [0.25, 0.3) is 0 Å². The molecule has 17 heavy (non-hydrogen) atoms. The minimum absolute atomic E-state index is 0.657. The van der Waals surface area contributed by atoms with Crippen molar-refractivity contribution in [3.05, 3.63) is 0 Å². The van der Waals surface area contributed by atoms with Crippen LogP contribution in [0.4, 0.5) is 0 Å². The van der Waals surface area contributed by atoms with Crippen LogP contribution < -0.4 is 5.32 Å². The van der Waals surface area contributed by atoms with Crippen molar-refractivity contribution in [2.75, 3.05) is 26.2 Å². The maximum Gasteiger partial charge on any atom is 0.00388 e. The Morgan fingerprint density at radius 3 is 1.76 bits per heavy atom. The van der Waals surface area contributed by atoms with Crippen LogP contribution in [-0.4, -0.2) is 37.1 Å². The van der Waals surface area contributed by atoms with E-state index in [0.29, 0.717) is 6.04 Å². The molecule has 0 heterocycles. The molecule has 2 heteroatoms. The Balaban J connectivity index is 3.91. The lowest BCUT2D eigenvalue weighted by Crippen LogP contribution is -2.40. The van der Waals surface area contributed by atoms with Gasteiger partial charge in [0.2, 0.25) is 0 Å². The van der Waals surface area contributed by atoms with Crippen LogP contribution in [0.2, 0.25) is 0 Å². The van der Waals surface area contributed by atoms with E-state index in [1.807, 2.05) is 0 Å². The summed E-state index contributed by atoms with van der Waals surface area (Å²) in [5.41, 5.74) is 0. The first-order chi connectivity index (χ1) is 7.82. The fraction of sp³-hybridized carbons (Fsp3) is 1.00. The van der Waals surface area contributed by atoms with Crippen molar-refractivity contribution in [3.8, 4) is 0 Å². The van der Waals surface area contributed by atoms with Crippen molar-refractivity contribution in [2.45, 2.75) is 54.5 Å². The van der Waals surface area contributed by atoms with Crippen LogP contribution in [0.15, 0.2) is 0 Å². The Kier molecular flexibility index (Phi) is 8.89. The first-order valence-corrected chi connectivity index (χ1v) is 7.27. The summed E-state index contributed by atoms with van der Waals surface area (Å²) in [5.74, 6) is 2.24. The zero-order valence-corrected chi connectivity index (χ0v) is 13.1. The molecule has 1 atom stereocenters. The molecule has 0 aliphatic heterocycles. The lowest BCUT2D eigenvalue weighted by molar-refractivity contribution is 0.170. The maximum atomic E-state index is 3.56. The second-order valence-corrected chi connectivity index (χ2v) is 6.60. The van der Waals surface area contributed by atoms with E-state index in [0.717, 1.165) is 30.8 Å². The van der Waals surface area contributed by atoms with Crippen LogP contribution in [-0.2, 0) is 0 Å². The van der Waals surface area contributed by atoms with Gasteiger partial charge in [-0.1, -0.05) is 34.6 Å². The van der Waals surface area contributed by atoms with Gasteiger partial charge < -0.3 is 10.2 Å². The predicted octanol–water partition coefficient (Wildman–Crippen LogP) is 3.23. The quantitative estimate of drug-likeness (QED) is 0.668. The van der Waals surface area contributed by atoms with Crippen LogP contribution in [0, 0.1) is 17.8 Å². The molecule has 0 amide bonds. The Bertz CT molecular complexity index is 176. The first kappa shape index (κ1) is 16.9. The molecule has 0 aromatic heterocycles. The zero-order chi connectivity index (χ0) is 13.4. The van der Waals surface area contributed by atoms with Crippen LogP contribution >= 0.6 is 0 Å². The van der Waals surface area contributed by atoms with Gasteiger partial charge in [-0.05, 0) is 44.7 Å². The molecule has 0 spiro atoms. The lowest BCUT2D eigenvalue weighted by atomic mass is 10.1. The van der Waals surface area contributed by atoms with Crippen LogP contribution in [0.5, 0.6) is 0 Å². The third kappa shape index (κ3) is 9.61. The Hall–Kier alpha value is -0.0800. The molecule has 1 N–H and O–H groups in total. The summed E-state index contributed by atoms with van der Waals surface area (Å²) in [6, 6.07) is 0.657. The van der Waals surface area contributed by atoms with E-state index in [4.69, 9.17) is 0 Å². The summed E-state index contributed by atoms with van der Waals surface area (Å²) in [6.45, 7) is 20.8. The van der Waals surface area contributed by atoms with Gasteiger partial charge in [-0.15, -0.1) is 0 Å². The van der Waals surface area contributed by atoms with E-state index >= 15 is 0 Å². The molecule has 0 aliphatic rings. The average Bonchev–Trinajstić information content (AvgIpc) is 2.15. The lowest BCUT2D eigenvalue weighted by Gasteiger charge is -2.31. The molecule has 2 nitrogen and oxygen atoms in total. The van der Waals surface area contributed by atoms with E-state index in [1.54, 1.807) is 0 Å². The highest BCUT2D eigenvalue weighted by Crippen LogP contribution is 2.08. The van der Waals surface area contributed by atoms with Gasteiger partial charge in [-0.25, -0.2) is 0 Å². The van der Waals surface area contributed by atoms with Gasteiger partial charge in [0.1, 0.15) is 0 Å². The fourth-order valence-electron chi connectivity index (χ4n) is 2.05. The van der Waals surface area contributed by atoms with E-state index in [-0.39, 0.29) is 0 Å². The third-order valence-corrected chi connectivity index (χ3v) is 2.92. The molecule has 0 aromatic rings. The van der Waals surface area contributed by atoms with Crippen molar-refractivity contribution in [2.24, 2.45) is 17.8 Å². The molecule has 0 bridgehead atoms. The summed E-state index contributed by atoms with van der Waals surface area (Å²) in [6.07, 6.45) is 0. The van der Waals surface area contributed by atoms with Gasteiger partial charge in [0.15, 0.2) is 0 Å². The Labute approximate surface area is 109 Å². The summed E-state index contributed by atoms with van der Waals surface area (Å²) in [5, 5.41) is 3.56. The van der Waals surface area contributed by atoms with Gasteiger partial charge in [0, 0.05) is 19.1 Å². The molecule has 0 aliphatic carbocycles. The molecular weight excluding hydrogens is 208 g/mol. The summed E-state index contributed by atoms with van der Waals surface area (Å²) in [7, 11) is 0. The molecule has 1 unspecified atom stereocenters. The van der Waals surface area contributed by atoms with E-state index in [9.17, 15) is 0 Å². The van der Waals surface area contributed by atoms with Crippen LogP contribution in [0.1, 0.15) is 48.5 Å². The number of hydrogen-bond acceptors (Lipinski definition) is 2. The fourth-order valence-corrected chi connectivity index (χ4v) is 2.05. The minimum Gasteiger partial charge on any atom is -0.316 e. The standard InChI is InChI=1S/C15H34N2/c1-12(2)8-16-9-15(7)11-17(14(5)6)10-13(3)4/h12-16H,8-11H2,1-7H3. The molecule has 0 aromatic carbocycles. The highest BCUT2D eigenvalue weighted by Gasteiger charge is 2.14. The number of hydrogen-bond donors (Lipinski definition) is 1. The second kappa shape index (κ2) is 8.93. The number of nitrogens with zero attached hydrogens (tertiary/aromatic N) is 1. The summed E-state index contributed by atoms with van der Waals surface area (Å²) >= 11 is 0. The minimum atomic E-state index is 0.657. The number of rotatable bonds is 9. The molecule has 0 rings (SSSR count). The highest BCUT2D eigenvalue weighted by atomic mass is 15.1. The predicted molar refractivity (Wildman–Crippen MR) is 78.4 cm³/mol. The van der Waals surface area contributed by atoms with Gasteiger partial charge in [-0.3, -0.25) is 0 Å². The van der Waals surface area contributed by atoms with Gasteiger partial charge in [0.05, 0.1) is 0 Å². The third-order valence-electron chi connectivity index (χ3n) is 2.92.